The summed E-state index contributed by atoms with van der Waals surface area (Å²) in [6.07, 6.45) is 4.14. The fraction of sp³-hybridized carbons (Fsp3) is 0.605. The molecule has 1 saturated heterocycles. The molecule has 5 fully saturated rings. The fourth-order valence-corrected chi connectivity index (χ4v) is 20.8. The maximum Gasteiger partial charge on any atom is 0.344 e. The second-order valence-corrected chi connectivity index (χ2v) is 30.5. The summed E-state index contributed by atoms with van der Waals surface area (Å²) in [5, 5.41) is 102. The predicted octanol–water partition coefficient (Wildman–Crippen LogP) is 2.86. The number of fused-ring (bicyclic) bond motifs is 11. The number of Topliss-reactive ketones (excluding diaryl/α,β-unsaturated/α-hetero) is 1. The highest BCUT2D eigenvalue weighted by atomic mass is 16.6. The molecule has 2 bridgehead atoms. The summed E-state index contributed by atoms with van der Waals surface area (Å²) in [4.78, 5) is 128. The smallest absolute Gasteiger partial charge is 0.344 e. The van der Waals surface area contributed by atoms with E-state index in [9.17, 15) is 58.5 Å². The molecular weight excluding hydrogens is 1380 g/mol. The summed E-state index contributed by atoms with van der Waals surface area (Å²) >= 11 is 0. The second kappa shape index (κ2) is 29.9. The lowest BCUT2D eigenvalue weighted by Crippen LogP contribution is -2.81. The van der Waals surface area contributed by atoms with Crippen molar-refractivity contribution in [3.63, 3.8) is 0 Å². The van der Waals surface area contributed by atoms with Crippen LogP contribution < -0.4 is 9.64 Å². The summed E-state index contributed by atoms with van der Waals surface area (Å²) in [7, 11) is 6.22. The number of carbonyl (C=O) groups is 10. The molecule has 20 atom stereocenters. The largest absolute Gasteiger partial charge is 0.496 e. The van der Waals surface area contributed by atoms with Gasteiger partial charge in [0.2, 0.25) is 11.4 Å². The first kappa shape index (κ1) is 80.1. The van der Waals surface area contributed by atoms with E-state index in [1.54, 1.807) is 13.2 Å². The van der Waals surface area contributed by atoms with E-state index in [1.807, 2.05) is 44.0 Å². The number of aromatic amines is 1. The van der Waals surface area contributed by atoms with Gasteiger partial charge in [-0.3, -0.25) is 33.8 Å². The van der Waals surface area contributed by atoms with Gasteiger partial charge in [-0.05, 0) is 129 Å². The summed E-state index contributed by atoms with van der Waals surface area (Å²) in [6, 6.07) is 11.2. The minimum atomic E-state index is -2.27. The molecule has 0 amide bonds. The van der Waals surface area contributed by atoms with Gasteiger partial charge in [0.15, 0.2) is 42.9 Å². The molecule has 106 heavy (non-hydrogen) atoms. The van der Waals surface area contributed by atoms with E-state index in [2.05, 4.69) is 65.1 Å². The zero-order valence-corrected chi connectivity index (χ0v) is 61.1. The number of ketones is 2. The number of hydrogen-bond acceptors (Lipinski definition) is 25. The number of ether oxygens (including phenoxy) is 5. The maximum absolute atomic E-state index is 15.2. The van der Waals surface area contributed by atoms with Crippen molar-refractivity contribution in [1.82, 2.24) is 14.8 Å². The zero-order valence-electron chi connectivity index (χ0n) is 61.1. The summed E-state index contributed by atoms with van der Waals surface area (Å²) in [6.45, 7) is 14.1. The molecule has 1 aromatic heterocycles. The third-order valence-electron chi connectivity index (χ3n) is 25.3. The molecule has 5 aliphatic heterocycles. The van der Waals surface area contributed by atoms with Crippen LogP contribution in [0.3, 0.4) is 0 Å². The minimum absolute atomic E-state index is 0.0284. The Morgan fingerprint density at radius 2 is 1.39 bits per heavy atom. The molecule has 4 saturated carbocycles. The number of carbonyl (C=O) groups excluding carboxylic acids is 6. The number of benzene rings is 2. The normalized spacial score (nSPS) is 34.4. The van der Waals surface area contributed by atoms with Crippen molar-refractivity contribution in [2.24, 2.45) is 39.9 Å². The number of methoxy groups -OCH3 is 3. The Balaban J connectivity index is 0.000000202. The molecule has 30 nitrogen and oxygen atoms in total. The number of rotatable bonds is 16. The van der Waals surface area contributed by atoms with Crippen molar-refractivity contribution in [1.29, 1.82) is 0 Å². The molecule has 5 aliphatic carbocycles. The topological polar surface area (TPSA) is 465 Å². The minimum Gasteiger partial charge on any atom is -0.496 e. The van der Waals surface area contributed by atoms with Crippen LogP contribution in [0.2, 0.25) is 0 Å². The lowest BCUT2D eigenvalue weighted by atomic mass is 9.45. The first-order chi connectivity index (χ1) is 49.8. The molecule has 13 rings (SSSR count). The maximum atomic E-state index is 15.2. The standard InChI is InChI=1S/C45H54N4O8.C23H32O6.2C4H6O6/c1-8-27-19-28-22-44(40(51)55-6,36-30(25-48(23-27)24-28)29-13-10-11-14-33(29)46-36)32-20-31-34(21-35(32)54-5)47(4)38-43(31)16-18-49-17-12-15-42(9-2,37(43)49)39(57-26(3)50)45(38,53)41(52)56-7;1-13(24)29-12-19(27)23(28)9-7-17-16-5-4-14-10-15(25)6-8-21(14,2)20(16)18(26)11-22(17,23)3;2*5-1(3(7)8)2(6)4(9)10/h10-15,19-21,28,37-39,46,53H,8-9,16-18,22-25H2,1-7H3;10,16-18,20,26,28H,4-9,11-12H2,1-3H3;2*1-2,5-6H,(H,7,8)(H,9,10)/t28-,37-,38+,39+,42+,43+,44-,45-;16-,17-,18-,20+,21-,22-,23-;;/m00../s1. The van der Waals surface area contributed by atoms with Gasteiger partial charge in [0, 0.05) is 110 Å². The number of H-pyrrole nitrogens is 1. The molecule has 0 radical (unpaired) electrons. The Kier molecular flexibility index (Phi) is 22.6. The van der Waals surface area contributed by atoms with Crippen molar-refractivity contribution < 1.29 is 128 Å². The van der Waals surface area contributed by atoms with E-state index >= 15 is 4.79 Å². The predicted molar refractivity (Wildman–Crippen MR) is 373 cm³/mol. The summed E-state index contributed by atoms with van der Waals surface area (Å²) in [5.74, 6) is -8.85. The van der Waals surface area contributed by atoms with Gasteiger partial charge in [-0.2, -0.15) is 0 Å². The molecule has 1 spiro atoms. The van der Waals surface area contributed by atoms with Gasteiger partial charge in [-0.1, -0.05) is 75.3 Å². The number of aliphatic carboxylic acids is 4. The van der Waals surface area contributed by atoms with Crippen molar-refractivity contribution in [3.8, 4) is 5.75 Å². The summed E-state index contributed by atoms with van der Waals surface area (Å²) in [5.41, 5.74) is -0.310. The molecule has 10 aliphatic rings. The van der Waals surface area contributed by atoms with Gasteiger partial charge in [-0.15, -0.1) is 0 Å². The fourth-order valence-electron chi connectivity index (χ4n) is 20.8. The number of aliphatic hydroxyl groups is 7. The third kappa shape index (κ3) is 12.9. The van der Waals surface area contributed by atoms with Crippen LogP contribution in [-0.2, 0) is 84.3 Å². The SMILES string of the molecule is CC(=O)OCC(=O)[C@@]1(O)CC[C@H]2[C@@H]3CCC4=CC(=O)CC[C@]4(C)[C@H]3[C@@H](O)C[C@@]21C.CCC1=C[C@@H]2C[N@](C1)Cc1c([nH]c3ccccc13)[C@@](C(=O)OC)(c1cc3c(cc1OC)N(C)[C@H]1[C@@](O)(C(=O)OC)[C@H](OC(C)=O)[C@]4(CC)C=CCN5CC[C@]31[C@@H]54)C2.O=C(O)C(O)C(O)C(=O)O.O=C(O)C(O)C(O)C(=O)O. The zero-order chi connectivity index (χ0) is 78.0. The van der Waals surface area contributed by atoms with Crippen molar-refractivity contribution >= 4 is 75.9 Å². The first-order valence-electron chi connectivity index (χ1n) is 35.8. The van der Waals surface area contributed by atoms with Crippen LogP contribution in [-0.4, -0.2) is 251 Å². The van der Waals surface area contributed by atoms with Crippen molar-refractivity contribution in [3.05, 3.63) is 94.2 Å². The van der Waals surface area contributed by atoms with Crippen molar-refractivity contribution in [2.45, 2.75) is 189 Å². The molecule has 3 aromatic rings. The Morgan fingerprint density at radius 3 is 1.96 bits per heavy atom. The van der Waals surface area contributed by atoms with E-state index in [0.29, 0.717) is 69.5 Å². The highest BCUT2D eigenvalue weighted by Gasteiger charge is 2.81. The number of esters is 4. The molecule has 6 heterocycles. The number of aromatic nitrogens is 1. The number of aliphatic hydroxyl groups excluding tert-OH is 5. The number of nitrogens with one attached hydrogen (secondary N) is 1. The molecule has 578 valence electrons. The van der Waals surface area contributed by atoms with Gasteiger partial charge in [0.1, 0.15) is 16.8 Å². The quantitative estimate of drug-likeness (QED) is 0.0557. The van der Waals surface area contributed by atoms with Crippen molar-refractivity contribution in [2.75, 3.05) is 66.1 Å². The van der Waals surface area contributed by atoms with Gasteiger partial charge in [0.25, 0.3) is 0 Å². The van der Waals surface area contributed by atoms with E-state index in [4.69, 9.17) is 64.5 Å². The van der Waals surface area contributed by atoms with Crippen LogP contribution in [0.25, 0.3) is 10.9 Å². The van der Waals surface area contributed by atoms with Crippen LogP contribution >= 0.6 is 0 Å². The van der Waals surface area contributed by atoms with E-state index in [-0.39, 0.29) is 46.9 Å². The van der Waals surface area contributed by atoms with Gasteiger partial charge in [-0.25, -0.2) is 24.0 Å². The molecule has 12 N–H and O–H groups in total. The van der Waals surface area contributed by atoms with E-state index in [0.717, 1.165) is 84.2 Å². The number of allylic oxidation sites excluding steroid dienone is 1. The number of carboxylic acid groups (broad SMARTS) is 4. The van der Waals surface area contributed by atoms with Gasteiger partial charge < -0.3 is 89.7 Å². The molecular formula is C76H98N4O26. The van der Waals surface area contributed by atoms with E-state index in [1.165, 1.54) is 33.6 Å². The Hall–Kier alpha value is -8.46. The molecule has 4 unspecified atom stereocenters. The average molecular weight is 1480 g/mol. The van der Waals surface area contributed by atoms with Crippen LogP contribution in [0, 0.1) is 39.9 Å². The van der Waals surface area contributed by atoms with Gasteiger partial charge >= 0.3 is 47.8 Å². The Morgan fingerprint density at radius 1 is 0.755 bits per heavy atom. The number of hydrogen-bond donors (Lipinski definition) is 12. The summed E-state index contributed by atoms with van der Waals surface area (Å²) < 4.78 is 28.8. The highest BCUT2D eigenvalue weighted by molar-refractivity contribution is 5.96. The molecule has 30 heteroatoms. The monoisotopic (exact) mass is 1480 g/mol. The van der Waals surface area contributed by atoms with Crippen LogP contribution in [0.4, 0.5) is 5.69 Å². The number of carboxylic acids is 4. The third-order valence-corrected chi connectivity index (χ3v) is 25.3. The number of likely N-dealkylation sites (N-methyl/N-ethyl adjacent to an activating group) is 1. The highest BCUT2D eigenvalue weighted by Crippen LogP contribution is 2.70. The lowest BCUT2D eigenvalue weighted by molar-refractivity contribution is -0.228. The Labute approximate surface area is 611 Å². The van der Waals surface area contributed by atoms with Crippen LogP contribution in [0.5, 0.6) is 5.75 Å². The first-order valence-corrected chi connectivity index (χ1v) is 35.8. The second-order valence-electron chi connectivity index (χ2n) is 30.5. The number of nitrogens with zero attached hydrogens (tertiary/aromatic N) is 3. The van der Waals surface area contributed by atoms with E-state index < -0.39 is 130 Å². The van der Waals surface area contributed by atoms with Gasteiger partial charge in [0.05, 0.1) is 33.5 Å². The lowest BCUT2D eigenvalue weighted by Gasteiger charge is -2.63. The number of anilines is 1. The van der Waals surface area contributed by atoms with Crippen LogP contribution in [0.1, 0.15) is 135 Å². The average Bonchev–Trinajstić information content (AvgIpc) is 1.46. The van der Waals surface area contributed by atoms with Crippen LogP contribution in [0.15, 0.2) is 71.8 Å². The Bertz CT molecular complexity index is 4040. The molecule has 2 aromatic carbocycles. The number of para-hydroxylation sites is 1.